The molecule has 1 heterocycles. The van der Waals surface area contributed by atoms with E-state index in [0.29, 0.717) is 19.4 Å². The van der Waals surface area contributed by atoms with E-state index in [9.17, 15) is 24.0 Å². The molecule has 0 aromatic carbocycles. The van der Waals surface area contributed by atoms with E-state index in [2.05, 4.69) is 10.6 Å². The third-order valence-corrected chi connectivity index (χ3v) is 4.13. The largest absolute Gasteiger partial charge is 0.394 e. The lowest BCUT2D eigenvalue weighted by Gasteiger charge is -2.26. The average Bonchev–Trinajstić information content (AvgIpc) is 3.11. The lowest BCUT2D eigenvalue weighted by molar-refractivity contribution is -0.140. The summed E-state index contributed by atoms with van der Waals surface area (Å²) >= 11 is 0. The fourth-order valence-electron chi connectivity index (χ4n) is 2.70. The smallest absolute Gasteiger partial charge is 0.243 e. The minimum Gasteiger partial charge on any atom is -0.394 e. The van der Waals surface area contributed by atoms with Crippen LogP contribution in [-0.4, -0.2) is 77.4 Å². The molecule has 5 amide bonds. The number of hydrogen-bond donors (Lipinski definition) is 6. The maximum atomic E-state index is 12.3. The van der Waals surface area contributed by atoms with Gasteiger partial charge in [0.1, 0.15) is 18.1 Å². The molecule has 0 spiro atoms. The third-order valence-electron chi connectivity index (χ3n) is 4.13. The summed E-state index contributed by atoms with van der Waals surface area (Å²) in [6.45, 7) is -0.649. The van der Waals surface area contributed by atoms with Crippen LogP contribution in [0.5, 0.6) is 0 Å². The number of aliphatic hydroxyl groups excluding tert-OH is 1. The van der Waals surface area contributed by atoms with Crippen molar-refractivity contribution in [3.05, 3.63) is 0 Å². The Morgan fingerprint density at radius 2 is 1.85 bits per heavy atom. The number of primary amides is 2. The second-order valence-corrected chi connectivity index (χ2v) is 6.22. The highest BCUT2D eigenvalue weighted by Gasteiger charge is 2.36. The molecule has 1 saturated heterocycles. The average molecular weight is 386 g/mol. The Hall–Kier alpha value is -2.73. The number of likely N-dealkylation sites (tertiary alicyclic amines) is 1. The van der Waals surface area contributed by atoms with Crippen molar-refractivity contribution in [1.82, 2.24) is 15.5 Å². The minimum atomic E-state index is -1.11. The van der Waals surface area contributed by atoms with Crippen LogP contribution in [0.3, 0.4) is 0 Å². The SMILES string of the molecule is NC(=O)CC[C@H](NC(=O)CNC(=O)[C@@H]1CCCN1C(=O)[C@@H](N)CO)C(N)=O. The number of nitrogens with two attached hydrogens (primary N) is 3. The first-order chi connectivity index (χ1) is 12.7. The molecule has 1 aliphatic heterocycles. The Labute approximate surface area is 155 Å². The number of carbonyl (C=O) groups excluding carboxylic acids is 5. The lowest BCUT2D eigenvalue weighted by Crippen LogP contribution is -2.54. The third kappa shape index (κ3) is 6.83. The molecule has 152 valence electrons. The normalized spacial score (nSPS) is 18.4. The second kappa shape index (κ2) is 10.4. The van der Waals surface area contributed by atoms with Gasteiger partial charge in [-0.15, -0.1) is 0 Å². The highest BCUT2D eigenvalue weighted by Crippen LogP contribution is 2.18. The molecule has 27 heavy (non-hydrogen) atoms. The highest BCUT2D eigenvalue weighted by molar-refractivity contribution is 5.93. The van der Waals surface area contributed by atoms with E-state index < -0.39 is 60.8 Å². The molecule has 0 bridgehead atoms. The first-order valence-electron chi connectivity index (χ1n) is 8.49. The summed E-state index contributed by atoms with van der Waals surface area (Å²) in [6.07, 6.45) is 0.809. The van der Waals surface area contributed by atoms with E-state index in [0.717, 1.165) is 0 Å². The van der Waals surface area contributed by atoms with Gasteiger partial charge in [-0.05, 0) is 19.3 Å². The maximum absolute atomic E-state index is 12.3. The monoisotopic (exact) mass is 386 g/mol. The molecule has 0 aromatic heterocycles. The Kier molecular flexibility index (Phi) is 8.62. The van der Waals surface area contributed by atoms with E-state index in [1.807, 2.05) is 0 Å². The van der Waals surface area contributed by atoms with Crippen molar-refractivity contribution in [3.63, 3.8) is 0 Å². The molecule has 9 N–H and O–H groups in total. The van der Waals surface area contributed by atoms with Crippen LogP contribution in [0.2, 0.25) is 0 Å². The van der Waals surface area contributed by atoms with Gasteiger partial charge in [0.05, 0.1) is 13.2 Å². The summed E-state index contributed by atoms with van der Waals surface area (Å²) in [5.74, 6) is -3.24. The zero-order chi connectivity index (χ0) is 20.6. The van der Waals surface area contributed by atoms with Crippen molar-refractivity contribution in [2.45, 2.75) is 43.8 Å². The molecule has 0 saturated carbocycles. The highest BCUT2D eigenvalue weighted by atomic mass is 16.3. The van der Waals surface area contributed by atoms with Crippen molar-refractivity contribution in [3.8, 4) is 0 Å². The number of hydrogen-bond acceptors (Lipinski definition) is 7. The molecule has 0 unspecified atom stereocenters. The summed E-state index contributed by atoms with van der Waals surface area (Å²) in [4.78, 5) is 59.6. The zero-order valence-corrected chi connectivity index (χ0v) is 14.8. The Bertz CT molecular complexity index is 597. The van der Waals surface area contributed by atoms with Crippen molar-refractivity contribution in [1.29, 1.82) is 0 Å². The standard InChI is InChI=1S/C15H26N6O6/c16-8(7-22)15(27)21-5-1-2-10(21)14(26)19-6-12(24)20-9(13(18)25)3-4-11(17)23/h8-10,22H,1-7,16H2,(H2,17,23)(H2,18,25)(H,19,26)(H,20,24)/t8-,9-,10-/m0/s1. The summed E-state index contributed by atoms with van der Waals surface area (Å²) in [5.41, 5.74) is 15.6. The molecule has 12 nitrogen and oxygen atoms in total. The molecule has 12 heteroatoms. The van der Waals surface area contributed by atoms with Crippen LogP contribution in [0.25, 0.3) is 0 Å². The van der Waals surface area contributed by atoms with Gasteiger partial charge in [0.25, 0.3) is 0 Å². The summed E-state index contributed by atoms with van der Waals surface area (Å²) in [6, 6.07) is -2.98. The predicted octanol–water partition coefficient (Wildman–Crippen LogP) is -4.35. The van der Waals surface area contributed by atoms with Gasteiger partial charge in [0.2, 0.25) is 29.5 Å². The topological polar surface area (TPSA) is 211 Å². The van der Waals surface area contributed by atoms with Gasteiger partial charge >= 0.3 is 0 Å². The molecular formula is C15H26N6O6. The zero-order valence-electron chi connectivity index (χ0n) is 14.8. The van der Waals surface area contributed by atoms with Crippen molar-refractivity contribution >= 4 is 29.5 Å². The second-order valence-electron chi connectivity index (χ2n) is 6.22. The van der Waals surface area contributed by atoms with Gasteiger partial charge in [0, 0.05) is 13.0 Å². The fraction of sp³-hybridized carbons (Fsp3) is 0.667. The summed E-state index contributed by atoms with van der Waals surface area (Å²) < 4.78 is 0. The van der Waals surface area contributed by atoms with Crippen LogP contribution in [-0.2, 0) is 24.0 Å². The van der Waals surface area contributed by atoms with Crippen LogP contribution >= 0.6 is 0 Å². The van der Waals surface area contributed by atoms with Gasteiger partial charge in [-0.2, -0.15) is 0 Å². The Morgan fingerprint density at radius 3 is 2.41 bits per heavy atom. The van der Waals surface area contributed by atoms with Crippen LogP contribution in [0, 0.1) is 0 Å². The Balaban J connectivity index is 2.54. The van der Waals surface area contributed by atoms with Gasteiger partial charge in [-0.3, -0.25) is 24.0 Å². The fourth-order valence-corrected chi connectivity index (χ4v) is 2.70. The quantitative estimate of drug-likeness (QED) is 0.217. The molecule has 3 atom stereocenters. The predicted molar refractivity (Wildman–Crippen MR) is 92.4 cm³/mol. The summed E-state index contributed by atoms with van der Waals surface area (Å²) in [5, 5.41) is 13.7. The molecule has 0 radical (unpaired) electrons. The van der Waals surface area contributed by atoms with Crippen LogP contribution < -0.4 is 27.8 Å². The van der Waals surface area contributed by atoms with Crippen LogP contribution in [0.15, 0.2) is 0 Å². The molecule has 1 aliphatic rings. The number of aliphatic hydroxyl groups is 1. The number of nitrogens with one attached hydrogen (secondary N) is 2. The Morgan fingerprint density at radius 1 is 1.19 bits per heavy atom. The first kappa shape index (κ1) is 22.3. The van der Waals surface area contributed by atoms with Gasteiger partial charge in [0.15, 0.2) is 0 Å². The van der Waals surface area contributed by atoms with Gasteiger partial charge in [-0.25, -0.2) is 0 Å². The van der Waals surface area contributed by atoms with Crippen LogP contribution in [0.1, 0.15) is 25.7 Å². The van der Waals surface area contributed by atoms with E-state index in [-0.39, 0.29) is 12.8 Å². The molecular weight excluding hydrogens is 360 g/mol. The van der Waals surface area contributed by atoms with Crippen LogP contribution in [0.4, 0.5) is 0 Å². The molecule has 1 rings (SSSR count). The van der Waals surface area contributed by atoms with E-state index >= 15 is 0 Å². The lowest BCUT2D eigenvalue weighted by atomic mass is 10.1. The molecule has 0 aliphatic carbocycles. The first-order valence-corrected chi connectivity index (χ1v) is 8.49. The minimum absolute atomic E-state index is 0.0473. The molecule has 1 fully saturated rings. The summed E-state index contributed by atoms with van der Waals surface area (Å²) in [7, 11) is 0. The number of nitrogens with zero attached hydrogens (tertiary/aromatic N) is 1. The van der Waals surface area contributed by atoms with E-state index in [1.165, 1.54) is 4.90 Å². The van der Waals surface area contributed by atoms with Crippen molar-refractivity contribution < 1.29 is 29.1 Å². The number of carbonyl (C=O) groups is 5. The van der Waals surface area contributed by atoms with Crippen molar-refractivity contribution in [2.24, 2.45) is 17.2 Å². The van der Waals surface area contributed by atoms with E-state index in [1.54, 1.807) is 0 Å². The van der Waals surface area contributed by atoms with Crippen molar-refractivity contribution in [2.75, 3.05) is 19.7 Å². The molecule has 0 aromatic rings. The van der Waals surface area contributed by atoms with Gasteiger partial charge < -0.3 is 37.8 Å². The van der Waals surface area contributed by atoms with E-state index in [4.69, 9.17) is 22.3 Å². The number of rotatable bonds is 10. The maximum Gasteiger partial charge on any atom is 0.243 e. The number of amides is 5. The van der Waals surface area contributed by atoms with Gasteiger partial charge in [-0.1, -0.05) is 0 Å².